The van der Waals surface area contributed by atoms with Crippen LogP contribution >= 0.6 is 0 Å². The maximum absolute atomic E-state index is 14.7. The van der Waals surface area contributed by atoms with Gasteiger partial charge in [-0.1, -0.05) is 104 Å². The van der Waals surface area contributed by atoms with Crippen molar-refractivity contribution in [3.8, 4) is 45.4 Å². The minimum absolute atomic E-state index is 0.0132. The Balaban J connectivity index is 1.13. The van der Waals surface area contributed by atoms with Gasteiger partial charge in [-0.25, -0.2) is 0 Å². The van der Waals surface area contributed by atoms with E-state index in [0.29, 0.717) is 29.7 Å². The lowest BCUT2D eigenvalue weighted by atomic mass is 9.78. The number of H-pyrrole nitrogens is 1. The predicted octanol–water partition coefficient (Wildman–Crippen LogP) is 9.07. The number of nitrogens with zero attached hydrogens (tertiary/aromatic N) is 1. The number of fused-ring (bicyclic) bond motifs is 5. The fourth-order valence-corrected chi connectivity index (χ4v) is 10.4. The highest BCUT2D eigenvalue weighted by Gasteiger charge is 2.33. The van der Waals surface area contributed by atoms with Crippen LogP contribution in [0.4, 0.5) is 5.82 Å². The molecule has 71 heavy (non-hydrogen) atoms. The van der Waals surface area contributed by atoms with Crippen molar-refractivity contribution in [3.05, 3.63) is 177 Å². The van der Waals surface area contributed by atoms with E-state index in [1.165, 1.54) is 13.2 Å². The van der Waals surface area contributed by atoms with Gasteiger partial charge in [0.2, 0.25) is 5.75 Å². The Labute approximate surface area is 413 Å². The van der Waals surface area contributed by atoms with Gasteiger partial charge in [-0.15, -0.1) is 0 Å². The number of hydrogen-bond donors (Lipinski definition) is 6. The Morgan fingerprint density at radius 1 is 0.901 bits per heavy atom. The molecule has 5 aromatic carbocycles. The quantitative estimate of drug-likeness (QED) is 0.0724. The molecule has 11 rings (SSSR count). The summed E-state index contributed by atoms with van der Waals surface area (Å²) in [6.45, 7) is 4.43. The number of allylic oxidation sites excluding steroid dienone is 1. The van der Waals surface area contributed by atoms with E-state index in [0.717, 1.165) is 82.9 Å². The number of aryl methyl sites for hydroxylation is 3. The lowest BCUT2D eigenvalue weighted by Gasteiger charge is -2.38. The molecule has 0 spiro atoms. The first-order valence-electron chi connectivity index (χ1n) is 24.7. The number of anilines is 1. The molecule has 6 bridgehead atoms. The molecule has 12 heteroatoms. The number of rotatable bonds is 10. The largest absolute Gasteiger partial charge is 0.508 e. The Hall–Kier alpha value is -7.09. The molecule has 5 atom stereocenters. The summed E-state index contributed by atoms with van der Waals surface area (Å²) < 4.78 is 26.6. The summed E-state index contributed by atoms with van der Waals surface area (Å²) >= 11 is 0. The molecule has 6 N–H and O–H groups in total. The lowest BCUT2D eigenvalue weighted by Crippen LogP contribution is -2.52. The van der Waals surface area contributed by atoms with Crippen LogP contribution in [0.2, 0.25) is 0 Å². The van der Waals surface area contributed by atoms with Crippen LogP contribution in [0.5, 0.6) is 23.0 Å². The predicted molar refractivity (Wildman–Crippen MR) is 278 cm³/mol. The Morgan fingerprint density at radius 3 is 2.55 bits per heavy atom. The van der Waals surface area contributed by atoms with Crippen molar-refractivity contribution in [2.75, 3.05) is 51.5 Å². The van der Waals surface area contributed by atoms with Crippen molar-refractivity contribution < 1.29 is 39.1 Å². The third-order valence-corrected chi connectivity index (χ3v) is 14.2. The Morgan fingerprint density at radius 2 is 1.75 bits per heavy atom. The van der Waals surface area contributed by atoms with Gasteiger partial charge in [-0.2, -0.15) is 0 Å². The van der Waals surface area contributed by atoms with Crippen LogP contribution in [0.1, 0.15) is 64.4 Å². The normalized spacial score (nSPS) is 19.4. The van der Waals surface area contributed by atoms with Crippen LogP contribution in [-0.2, 0) is 25.7 Å². The standard InChI is InChI=1S/C59H61N3O9/c1-3-42-31-49-40-11-7-10-37(28-40)13-21-48-55-54(52(67)32-53(71-55)39-15-18-44(64)19-16-39)57(69-27-24-45(65)17-12-36-8-5-4-6-9-36)58(68-2)56(48)70-35-41(34-63)46-22-23-51(66)50-30-38(14-20-47(46)50)29-43-33-60-25-26-62(43)59(49)61-42/h4-12,14-20,22-23,28,30-32,41,43,45-46,51,60-61,63-66H,3,13,21,24-27,29,33-35H2,1-2H3/b17-12+/t41-,43-,45+,46+,51-/m1/s1. The number of aliphatic hydroxyl groups excluding tert-OH is 3. The Bertz CT molecular complexity index is 3120. The van der Waals surface area contributed by atoms with Gasteiger partial charge in [-0.05, 0) is 89.4 Å². The molecule has 3 aliphatic heterocycles. The van der Waals surface area contributed by atoms with Gasteiger partial charge in [0, 0.05) is 72.4 Å². The first-order valence-corrected chi connectivity index (χ1v) is 24.7. The van der Waals surface area contributed by atoms with Crippen molar-refractivity contribution in [2.24, 2.45) is 5.92 Å². The number of methoxy groups -OCH3 is 1. The molecule has 0 saturated carbocycles. The number of aliphatic hydroxyl groups is 3. The number of aromatic hydroxyl groups is 1. The molecule has 0 amide bonds. The molecule has 0 unspecified atom stereocenters. The molecule has 5 heterocycles. The van der Waals surface area contributed by atoms with Crippen molar-refractivity contribution in [1.29, 1.82) is 0 Å². The fraction of sp³-hybridized carbons (Fsp3) is 0.305. The van der Waals surface area contributed by atoms with E-state index in [2.05, 4.69) is 70.7 Å². The summed E-state index contributed by atoms with van der Waals surface area (Å²) in [5.74, 6) is 1.26. The van der Waals surface area contributed by atoms with Gasteiger partial charge in [0.25, 0.3) is 0 Å². The summed E-state index contributed by atoms with van der Waals surface area (Å²) in [6, 6.07) is 34.9. The monoisotopic (exact) mass is 955 g/mol. The van der Waals surface area contributed by atoms with E-state index in [-0.39, 0.29) is 77.6 Å². The lowest BCUT2D eigenvalue weighted by molar-refractivity contribution is 0.144. The molecular weight excluding hydrogens is 895 g/mol. The molecular formula is C59H61N3O9. The van der Waals surface area contributed by atoms with Crippen molar-refractivity contribution in [2.45, 2.75) is 63.2 Å². The number of aromatic nitrogens is 1. The molecule has 4 aliphatic rings. The number of piperazine rings is 1. The van der Waals surface area contributed by atoms with E-state index in [1.54, 1.807) is 36.4 Å². The van der Waals surface area contributed by atoms with E-state index in [1.807, 2.05) is 42.5 Å². The SMILES string of the molecule is CCc1cc2c([nH]1)N1CCNC[C@H]1Cc1ccc3c(c1)[C@H](O)C=C[C@H]3[C@H](CO)COc1c(OC)c(OCC[C@@H](O)/C=C/c3ccccc3)c3c(=O)cc(-c4ccc(O)cc4)oc3c1CCc1cccc-2c1. The van der Waals surface area contributed by atoms with Gasteiger partial charge < -0.3 is 54.3 Å². The third kappa shape index (κ3) is 9.98. The average Bonchev–Trinajstić information content (AvgIpc) is 3.83. The highest BCUT2D eigenvalue weighted by Crippen LogP contribution is 2.48. The number of phenols is 1. The van der Waals surface area contributed by atoms with Gasteiger partial charge in [0.1, 0.15) is 28.3 Å². The second-order valence-corrected chi connectivity index (χ2v) is 18.8. The first-order chi connectivity index (χ1) is 34.7. The smallest absolute Gasteiger partial charge is 0.204 e. The number of hydrogen-bond acceptors (Lipinski definition) is 11. The second kappa shape index (κ2) is 21.1. The van der Waals surface area contributed by atoms with E-state index < -0.39 is 18.1 Å². The van der Waals surface area contributed by atoms with E-state index in [4.69, 9.17) is 18.6 Å². The molecule has 2 aromatic heterocycles. The van der Waals surface area contributed by atoms with Crippen molar-refractivity contribution in [1.82, 2.24) is 10.3 Å². The molecule has 12 nitrogen and oxygen atoms in total. The van der Waals surface area contributed by atoms with Gasteiger partial charge in [0.05, 0.1) is 39.1 Å². The number of ether oxygens (including phenoxy) is 3. The minimum Gasteiger partial charge on any atom is -0.508 e. The van der Waals surface area contributed by atoms with Gasteiger partial charge >= 0.3 is 0 Å². The van der Waals surface area contributed by atoms with Crippen LogP contribution < -0.4 is 29.9 Å². The third-order valence-electron chi connectivity index (χ3n) is 14.2. The maximum atomic E-state index is 14.7. The molecule has 1 fully saturated rings. The number of phenolic OH excluding ortho intramolecular Hbond substituents is 1. The van der Waals surface area contributed by atoms with Crippen LogP contribution in [0.15, 0.2) is 137 Å². The van der Waals surface area contributed by atoms with E-state index in [9.17, 15) is 25.2 Å². The van der Waals surface area contributed by atoms with Crippen LogP contribution in [0, 0.1) is 5.92 Å². The van der Waals surface area contributed by atoms with Crippen molar-refractivity contribution >= 4 is 22.9 Å². The average molecular weight is 956 g/mol. The minimum atomic E-state index is -0.856. The zero-order chi connectivity index (χ0) is 49.0. The van der Waals surface area contributed by atoms with Crippen molar-refractivity contribution in [3.63, 3.8) is 0 Å². The van der Waals surface area contributed by atoms with Gasteiger partial charge in [-0.3, -0.25) is 4.79 Å². The molecule has 7 aromatic rings. The first kappa shape index (κ1) is 47.6. The summed E-state index contributed by atoms with van der Waals surface area (Å²) in [5, 5.41) is 47.7. The molecule has 0 radical (unpaired) electrons. The van der Waals surface area contributed by atoms with E-state index >= 15 is 0 Å². The number of aromatic amines is 1. The maximum Gasteiger partial charge on any atom is 0.204 e. The number of nitrogens with one attached hydrogen (secondary N) is 2. The molecule has 1 saturated heterocycles. The second-order valence-electron chi connectivity index (χ2n) is 18.8. The topological polar surface area (TPSA) is 170 Å². The summed E-state index contributed by atoms with van der Waals surface area (Å²) in [4.78, 5) is 21.0. The van der Waals surface area contributed by atoms with Crippen LogP contribution in [-0.4, -0.2) is 84.1 Å². The molecule has 366 valence electrons. The fourth-order valence-electron chi connectivity index (χ4n) is 10.4. The highest BCUT2D eigenvalue weighted by molar-refractivity contribution is 5.93. The van der Waals surface area contributed by atoms with Crippen LogP contribution in [0.3, 0.4) is 0 Å². The van der Waals surface area contributed by atoms with Gasteiger partial charge in [0.15, 0.2) is 16.9 Å². The molecule has 1 aliphatic carbocycles. The Kier molecular flexibility index (Phi) is 14.1. The summed E-state index contributed by atoms with van der Waals surface area (Å²) in [6.07, 6.45) is 8.30. The van der Waals surface area contributed by atoms with Crippen LogP contribution in [0.25, 0.3) is 39.5 Å². The summed E-state index contributed by atoms with van der Waals surface area (Å²) in [7, 11) is 1.51. The highest BCUT2D eigenvalue weighted by atomic mass is 16.5. The zero-order valence-electron chi connectivity index (χ0n) is 40.1. The summed E-state index contributed by atoms with van der Waals surface area (Å²) in [5.41, 5.74) is 9.19. The zero-order valence-corrected chi connectivity index (χ0v) is 40.1. The number of benzene rings is 5.